The summed E-state index contributed by atoms with van der Waals surface area (Å²) in [5.74, 6) is 1.86. The van der Waals surface area contributed by atoms with Crippen LogP contribution in [0.15, 0.2) is 78.9 Å². The number of rotatable bonds is 11. The number of carbonyl (C=O) groups is 1. The lowest BCUT2D eigenvalue weighted by Gasteiger charge is -2.47. The first-order valence-electron chi connectivity index (χ1n) is 11.9. The Hall–Kier alpha value is -3.27. The molecule has 2 atom stereocenters. The van der Waals surface area contributed by atoms with Crippen molar-refractivity contribution in [2.24, 2.45) is 5.92 Å². The highest BCUT2D eigenvalue weighted by molar-refractivity contribution is 6.03. The van der Waals surface area contributed by atoms with E-state index in [2.05, 4.69) is 42.5 Å². The zero-order chi connectivity index (χ0) is 23.0. The summed E-state index contributed by atoms with van der Waals surface area (Å²) in [4.78, 5) is 15.1. The Morgan fingerprint density at radius 1 is 0.727 bits per heavy atom. The predicted molar refractivity (Wildman–Crippen MR) is 133 cm³/mol. The van der Waals surface area contributed by atoms with Gasteiger partial charge in [0.05, 0.1) is 26.2 Å². The first-order chi connectivity index (χ1) is 16.2. The Labute approximate surface area is 197 Å². The largest absolute Gasteiger partial charge is 0.497 e. The predicted octanol–water partition coefficient (Wildman–Crippen LogP) is 6.60. The number of carbonyl (C=O) groups excluding carboxylic acids is 1. The molecule has 0 N–H and O–H groups in total. The number of hydrogen-bond acceptors (Lipinski definition) is 3. The fourth-order valence-electron chi connectivity index (χ4n) is 4.73. The van der Waals surface area contributed by atoms with Crippen molar-refractivity contribution in [1.82, 2.24) is 0 Å². The molecule has 0 radical (unpaired) electrons. The molecule has 4 nitrogen and oxygen atoms in total. The van der Waals surface area contributed by atoms with Gasteiger partial charge in [0.2, 0.25) is 5.91 Å². The number of nitrogens with zero attached hydrogens (tertiary/aromatic N) is 1. The third-order valence-electron chi connectivity index (χ3n) is 6.60. The van der Waals surface area contributed by atoms with E-state index < -0.39 is 0 Å². The molecule has 3 aromatic rings. The summed E-state index contributed by atoms with van der Waals surface area (Å²) in [5, 5.41) is 0. The van der Waals surface area contributed by atoms with Crippen molar-refractivity contribution in [2.45, 2.75) is 44.6 Å². The topological polar surface area (TPSA) is 38.8 Å². The van der Waals surface area contributed by atoms with E-state index in [1.807, 2.05) is 41.3 Å². The zero-order valence-corrected chi connectivity index (χ0v) is 19.6. The van der Waals surface area contributed by atoms with E-state index in [9.17, 15) is 4.79 Å². The quantitative estimate of drug-likeness (QED) is 0.247. The summed E-state index contributed by atoms with van der Waals surface area (Å²) in [6.07, 6.45) is 6.69. The normalized spacial score (nSPS) is 17.5. The number of benzene rings is 3. The SMILES string of the molecule is COc1ccc([C@@H]2[C@H](CCCCCCc3ccccc3)C(=O)N2c2ccc(OC)cc2)cc1. The number of aryl methyl sites for hydroxylation is 1. The van der Waals surface area contributed by atoms with Gasteiger partial charge < -0.3 is 14.4 Å². The lowest BCUT2D eigenvalue weighted by Crippen LogP contribution is -2.55. The molecule has 1 aliphatic heterocycles. The van der Waals surface area contributed by atoms with Crippen LogP contribution in [-0.4, -0.2) is 20.1 Å². The van der Waals surface area contributed by atoms with Crippen LogP contribution >= 0.6 is 0 Å². The molecule has 1 saturated heterocycles. The smallest absolute Gasteiger partial charge is 0.233 e. The molecule has 33 heavy (non-hydrogen) atoms. The lowest BCUT2D eigenvalue weighted by molar-refractivity contribution is -0.130. The van der Waals surface area contributed by atoms with Crippen LogP contribution in [0.5, 0.6) is 11.5 Å². The van der Waals surface area contributed by atoms with Gasteiger partial charge >= 0.3 is 0 Å². The second-order valence-electron chi connectivity index (χ2n) is 8.67. The number of methoxy groups -OCH3 is 2. The molecule has 1 fully saturated rings. The van der Waals surface area contributed by atoms with Crippen LogP contribution in [0.1, 0.15) is 49.3 Å². The Bertz CT molecular complexity index is 1010. The molecular weight excluding hydrogens is 410 g/mol. The number of amides is 1. The number of β-lactam (4-membered cyclic amide) rings is 1. The summed E-state index contributed by atoms with van der Waals surface area (Å²) in [7, 11) is 3.33. The van der Waals surface area contributed by atoms with Gasteiger partial charge in [0.15, 0.2) is 0 Å². The van der Waals surface area contributed by atoms with E-state index in [1.54, 1.807) is 14.2 Å². The molecule has 0 aromatic heterocycles. The third-order valence-corrected chi connectivity index (χ3v) is 6.60. The number of ether oxygens (including phenoxy) is 2. The molecule has 1 aliphatic rings. The first-order valence-corrected chi connectivity index (χ1v) is 11.9. The van der Waals surface area contributed by atoms with E-state index in [4.69, 9.17) is 9.47 Å². The van der Waals surface area contributed by atoms with Crippen molar-refractivity contribution in [2.75, 3.05) is 19.1 Å². The van der Waals surface area contributed by atoms with Crippen LogP contribution < -0.4 is 14.4 Å². The molecule has 3 aromatic carbocycles. The molecule has 0 spiro atoms. The maximum atomic E-state index is 13.2. The standard InChI is InChI=1S/C29H33NO3/c1-32-25-18-14-23(15-19-25)28-27(13-9-4-3-6-10-22-11-7-5-8-12-22)29(31)30(28)24-16-20-26(33-2)21-17-24/h5,7-8,11-12,14-21,27-28H,3-4,6,9-10,13H2,1-2H3/t27-,28+/m0/s1. The van der Waals surface area contributed by atoms with Crippen molar-refractivity contribution < 1.29 is 14.3 Å². The highest BCUT2D eigenvalue weighted by Crippen LogP contribution is 2.46. The van der Waals surface area contributed by atoms with Crippen molar-refractivity contribution >= 4 is 11.6 Å². The van der Waals surface area contributed by atoms with Gasteiger partial charge in [0, 0.05) is 5.69 Å². The minimum atomic E-state index is 0.0228. The average molecular weight is 444 g/mol. The van der Waals surface area contributed by atoms with Crippen LogP contribution in [0, 0.1) is 5.92 Å². The Kier molecular flexibility index (Phi) is 7.66. The van der Waals surface area contributed by atoms with Gasteiger partial charge in [0.1, 0.15) is 11.5 Å². The maximum absolute atomic E-state index is 13.2. The summed E-state index contributed by atoms with van der Waals surface area (Å²) >= 11 is 0. The summed E-state index contributed by atoms with van der Waals surface area (Å²) in [6, 6.07) is 26.6. The molecular formula is C29H33NO3. The van der Waals surface area contributed by atoms with Gasteiger partial charge in [-0.05, 0) is 66.8 Å². The van der Waals surface area contributed by atoms with Crippen molar-refractivity contribution in [3.8, 4) is 11.5 Å². The Morgan fingerprint density at radius 2 is 1.33 bits per heavy atom. The third kappa shape index (κ3) is 5.39. The average Bonchev–Trinajstić information content (AvgIpc) is 2.87. The summed E-state index contributed by atoms with van der Waals surface area (Å²) < 4.78 is 10.6. The Morgan fingerprint density at radius 3 is 1.97 bits per heavy atom. The second-order valence-corrected chi connectivity index (χ2v) is 8.67. The van der Waals surface area contributed by atoms with Crippen molar-refractivity contribution in [1.29, 1.82) is 0 Å². The van der Waals surface area contributed by atoms with Crippen LogP contribution in [0.2, 0.25) is 0 Å². The molecule has 0 unspecified atom stereocenters. The van der Waals surface area contributed by atoms with Gasteiger partial charge in [-0.25, -0.2) is 0 Å². The summed E-state index contributed by atoms with van der Waals surface area (Å²) in [5.41, 5.74) is 3.47. The molecule has 0 saturated carbocycles. The fourth-order valence-corrected chi connectivity index (χ4v) is 4.73. The first kappa shape index (κ1) is 22.9. The highest BCUT2D eigenvalue weighted by Gasteiger charge is 2.48. The molecule has 1 amide bonds. The molecule has 1 heterocycles. The van der Waals surface area contributed by atoms with Crippen molar-refractivity contribution in [3.63, 3.8) is 0 Å². The minimum Gasteiger partial charge on any atom is -0.497 e. The van der Waals surface area contributed by atoms with E-state index in [0.29, 0.717) is 0 Å². The number of anilines is 1. The van der Waals surface area contributed by atoms with Gasteiger partial charge in [0.25, 0.3) is 0 Å². The van der Waals surface area contributed by atoms with E-state index in [-0.39, 0.29) is 17.9 Å². The van der Waals surface area contributed by atoms with Gasteiger partial charge in [-0.2, -0.15) is 0 Å². The zero-order valence-electron chi connectivity index (χ0n) is 19.6. The fraction of sp³-hybridized carbons (Fsp3) is 0.345. The molecule has 0 bridgehead atoms. The molecule has 4 rings (SSSR count). The second kappa shape index (κ2) is 11.0. The number of unbranched alkanes of at least 4 members (excludes halogenated alkanes) is 3. The van der Waals surface area contributed by atoms with Crippen LogP contribution in [0.25, 0.3) is 0 Å². The highest BCUT2D eigenvalue weighted by atomic mass is 16.5. The van der Waals surface area contributed by atoms with Gasteiger partial charge in [-0.15, -0.1) is 0 Å². The molecule has 0 aliphatic carbocycles. The van der Waals surface area contributed by atoms with Crippen LogP contribution in [0.4, 0.5) is 5.69 Å². The van der Waals surface area contributed by atoms with E-state index >= 15 is 0 Å². The van der Waals surface area contributed by atoms with Gasteiger partial charge in [-0.3, -0.25) is 4.79 Å². The Balaban J connectivity index is 1.38. The van der Waals surface area contributed by atoms with Crippen molar-refractivity contribution in [3.05, 3.63) is 90.0 Å². The van der Waals surface area contributed by atoms with Crippen LogP contribution in [0.3, 0.4) is 0 Å². The maximum Gasteiger partial charge on any atom is 0.233 e. The van der Waals surface area contributed by atoms with E-state index in [1.165, 1.54) is 18.4 Å². The van der Waals surface area contributed by atoms with Gasteiger partial charge in [-0.1, -0.05) is 61.7 Å². The van der Waals surface area contributed by atoms with Crippen LogP contribution in [-0.2, 0) is 11.2 Å². The molecule has 4 heteroatoms. The number of hydrogen-bond donors (Lipinski definition) is 0. The molecule has 172 valence electrons. The summed E-state index contributed by atoms with van der Waals surface area (Å²) in [6.45, 7) is 0. The lowest BCUT2D eigenvalue weighted by atomic mass is 9.78. The minimum absolute atomic E-state index is 0.0228. The van der Waals surface area contributed by atoms with E-state index in [0.717, 1.165) is 48.4 Å². The monoisotopic (exact) mass is 443 g/mol.